The second-order valence-corrected chi connectivity index (χ2v) is 9.96. The van der Waals surface area contributed by atoms with E-state index in [0.717, 1.165) is 12.1 Å². The van der Waals surface area contributed by atoms with Crippen LogP contribution in [0.3, 0.4) is 0 Å². The highest BCUT2D eigenvalue weighted by Crippen LogP contribution is 2.33. The summed E-state index contributed by atoms with van der Waals surface area (Å²) >= 11 is 0. The molecule has 0 saturated heterocycles. The van der Waals surface area contributed by atoms with Crippen LogP contribution in [0.2, 0.25) is 0 Å². The Morgan fingerprint density at radius 1 is 0.706 bits per heavy atom. The molecular formula is C20H19N5O7S2. The summed E-state index contributed by atoms with van der Waals surface area (Å²) in [5.74, 6) is -0.117. The molecule has 0 saturated carbocycles. The fourth-order valence-electron chi connectivity index (χ4n) is 2.76. The molecule has 14 heteroatoms. The molecule has 0 atom stereocenters. The molecule has 0 radical (unpaired) electrons. The first-order chi connectivity index (χ1) is 15.8. The van der Waals surface area contributed by atoms with E-state index in [1.165, 1.54) is 12.1 Å². The van der Waals surface area contributed by atoms with Crippen LogP contribution < -0.4 is 5.73 Å². The number of nitrogens with zero attached hydrogens (tertiary/aromatic N) is 4. The van der Waals surface area contributed by atoms with Crippen molar-refractivity contribution in [2.24, 2.45) is 20.5 Å². The molecule has 3 aromatic rings. The molecule has 0 unspecified atom stereocenters. The molecule has 0 bridgehead atoms. The summed E-state index contributed by atoms with van der Waals surface area (Å²) in [7, 11) is -9.57. The van der Waals surface area contributed by atoms with Gasteiger partial charge >= 0.3 is 0 Å². The van der Waals surface area contributed by atoms with Gasteiger partial charge in [-0.1, -0.05) is 0 Å². The minimum Gasteiger partial charge on any atom is -0.506 e. The van der Waals surface area contributed by atoms with Crippen molar-refractivity contribution in [3.63, 3.8) is 0 Å². The van der Waals surface area contributed by atoms with Crippen LogP contribution in [-0.2, 0) is 20.2 Å². The molecule has 0 amide bonds. The smallest absolute Gasteiger partial charge is 0.296 e. The number of phenols is 1. The van der Waals surface area contributed by atoms with Gasteiger partial charge in [-0.2, -0.15) is 32.2 Å². The van der Waals surface area contributed by atoms with E-state index >= 15 is 0 Å². The Balaban J connectivity index is 1.95. The highest BCUT2D eigenvalue weighted by atomic mass is 32.2. The number of nitrogen functional groups attached to an aromatic ring is 1. The van der Waals surface area contributed by atoms with Gasteiger partial charge in [-0.25, -0.2) is 0 Å². The Morgan fingerprint density at radius 2 is 1.26 bits per heavy atom. The zero-order chi connectivity index (χ0) is 25.3. The van der Waals surface area contributed by atoms with Gasteiger partial charge in [-0.05, 0) is 67.4 Å². The van der Waals surface area contributed by atoms with Gasteiger partial charge in [0.25, 0.3) is 20.2 Å². The number of azo groups is 2. The molecule has 0 heterocycles. The zero-order valence-corrected chi connectivity index (χ0v) is 19.4. The number of hydrogen-bond acceptors (Lipinski definition) is 10. The van der Waals surface area contributed by atoms with Crippen LogP contribution in [0, 0.1) is 13.8 Å². The van der Waals surface area contributed by atoms with Gasteiger partial charge in [0.15, 0.2) is 0 Å². The molecular weight excluding hydrogens is 486 g/mol. The zero-order valence-electron chi connectivity index (χ0n) is 17.8. The second-order valence-electron chi connectivity index (χ2n) is 7.15. The number of benzene rings is 3. The van der Waals surface area contributed by atoms with Crippen LogP contribution in [0.15, 0.2) is 78.8 Å². The number of nitrogens with two attached hydrogens (primary N) is 1. The number of anilines is 1. The van der Waals surface area contributed by atoms with E-state index in [4.69, 9.17) is 10.3 Å². The highest BCUT2D eigenvalue weighted by molar-refractivity contribution is 7.86. The van der Waals surface area contributed by atoms with Crippen molar-refractivity contribution >= 4 is 48.7 Å². The molecule has 3 aromatic carbocycles. The lowest BCUT2D eigenvalue weighted by Crippen LogP contribution is -2.03. The third kappa shape index (κ3) is 5.79. The summed E-state index contributed by atoms with van der Waals surface area (Å²) in [6.45, 7) is 3.44. The normalized spacial score (nSPS) is 12.6. The van der Waals surface area contributed by atoms with Gasteiger partial charge < -0.3 is 10.8 Å². The first-order valence-electron chi connectivity index (χ1n) is 9.38. The Morgan fingerprint density at radius 3 is 1.79 bits per heavy atom. The number of rotatable bonds is 6. The average Bonchev–Trinajstić information content (AvgIpc) is 2.74. The van der Waals surface area contributed by atoms with Crippen molar-refractivity contribution in [1.29, 1.82) is 0 Å². The highest BCUT2D eigenvalue weighted by Gasteiger charge is 2.20. The van der Waals surface area contributed by atoms with Gasteiger partial charge in [0.05, 0.1) is 27.6 Å². The van der Waals surface area contributed by atoms with Crippen LogP contribution in [0.25, 0.3) is 0 Å². The van der Waals surface area contributed by atoms with Crippen molar-refractivity contribution in [3.05, 3.63) is 59.7 Å². The summed E-state index contributed by atoms with van der Waals surface area (Å²) in [5.41, 5.74) is 7.93. The molecule has 0 aromatic heterocycles. The largest absolute Gasteiger partial charge is 0.506 e. The minimum absolute atomic E-state index is 0.117. The molecule has 178 valence electrons. The Hall–Kier alpha value is -3.72. The van der Waals surface area contributed by atoms with Crippen molar-refractivity contribution in [2.75, 3.05) is 5.73 Å². The molecule has 0 aliphatic carbocycles. The van der Waals surface area contributed by atoms with Crippen molar-refractivity contribution in [3.8, 4) is 5.75 Å². The maximum Gasteiger partial charge on any atom is 0.296 e. The molecule has 0 spiro atoms. The van der Waals surface area contributed by atoms with Gasteiger partial charge in [-0.3, -0.25) is 9.11 Å². The van der Waals surface area contributed by atoms with Crippen molar-refractivity contribution < 1.29 is 31.0 Å². The Labute approximate surface area is 195 Å². The van der Waals surface area contributed by atoms with E-state index in [-0.39, 0.29) is 17.1 Å². The monoisotopic (exact) mass is 505 g/mol. The summed E-state index contributed by atoms with van der Waals surface area (Å²) in [5, 5.41) is 25.7. The lowest BCUT2D eigenvalue weighted by molar-refractivity contribution is 0.477. The van der Waals surface area contributed by atoms with Crippen LogP contribution in [-0.4, -0.2) is 31.0 Å². The third-order valence-electron chi connectivity index (χ3n) is 4.57. The number of hydrogen-bond donors (Lipinski definition) is 4. The van der Waals surface area contributed by atoms with E-state index in [2.05, 4.69) is 20.5 Å². The summed E-state index contributed by atoms with van der Waals surface area (Å²) in [4.78, 5) is -1.56. The standard InChI is InChI=1S/C20H19N5O7S2/c1-11-8-18(12(2)7-17(11)24-22-13-3-5-15(21)19(26)9-13)25-23-16-6-4-14(33(27,28)29)10-20(16)34(30,31)32/h3-10,26H,21H2,1-2H3,(H,27,28,29)(H,30,31,32). The Kier molecular flexibility index (Phi) is 6.79. The van der Waals surface area contributed by atoms with E-state index in [1.807, 2.05) is 0 Å². The summed E-state index contributed by atoms with van der Waals surface area (Å²) < 4.78 is 64.5. The first-order valence-corrected chi connectivity index (χ1v) is 12.3. The summed E-state index contributed by atoms with van der Waals surface area (Å²) in [6, 6.07) is 10.2. The third-order valence-corrected chi connectivity index (χ3v) is 6.31. The topological polar surface area (TPSA) is 204 Å². The van der Waals surface area contributed by atoms with Gasteiger partial charge in [0.2, 0.25) is 0 Å². The lowest BCUT2D eigenvalue weighted by atomic mass is 10.1. The molecule has 12 nitrogen and oxygen atoms in total. The van der Waals surface area contributed by atoms with E-state index < -0.39 is 30.0 Å². The van der Waals surface area contributed by atoms with Crippen molar-refractivity contribution in [2.45, 2.75) is 23.6 Å². The predicted octanol–water partition coefficient (Wildman–Crippen LogP) is 4.92. The summed E-state index contributed by atoms with van der Waals surface area (Å²) in [6.07, 6.45) is 0. The van der Waals surface area contributed by atoms with Crippen LogP contribution >= 0.6 is 0 Å². The van der Waals surface area contributed by atoms with Gasteiger partial charge in [0, 0.05) is 6.07 Å². The quantitative estimate of drug-likeness (QED) is 0.156. The fraction of sp³-hybridized carbons (Fsp3) is 0.100. The SMILES string of the molecule is Cc1cc(N=Nc2ccc(S(=O)(=O)O)cc2S(=O)(=O)O)c(C)cc1N=Nc1ccc(N)c(O)c1. The second kappa shape index (κ2) is 9.26. The first kappa shape index (κ1) is 24.9. The molecule has 3 rings (SSSR count). The maximum atomic E-state index is 11.7. The van der Waals surface area contributed by atoms with Gasteiger partial charge in [0.1, 0.15) is 16.3 Å². The predicted molar refractivity (Wildman–Crippen MR) is 123 cm³/mol. The Bertz CT molecular complexity index is 1550. The van der Waals surface area contributed by atoms with E-state index in [1.54, 1.807) is 32.0 Å². The molecule has 0 aliphatic heterocycles. The minimum atomic E-state index is -4.87. The molecule has 34 heavy (non-hydrogen) atoms. The van der Waals surface area contributed by atoms with Crippen LogP contribution in [0.1, 0.15) is 11.1 Å². The number of aromatic hydroxyl groups is 1. The van der Waals surface area contributed by atoms with E-state index in [0.29, 0.717) is 34.3 Å². The molecule has 0 aliphatic rings. The van der Waals surface area contributed by atoms with Gasteiger partial charge in [-0.15, -0.1) is 5.11 Å². The number of phenolic OH excluding ortho intramolecular Hbond substituents is 1. The molecule has 0 fully saturated rings. The van der Waals surface area contributed by atoms with Crippen LogP contribution in [0.5, 0.6) is 5.75 Å². The maximum absolute atomic E-state index is 11.7. The van der Waals surface area contributed by atoms with Crippen molar-refractivity contribution in [1.82, 2.24) is 0 Å². The van der Waals surface area contributed by atoms with E-state index in [9.17, 15) is 26.5 Å². The average molecular weight is 506 g/mol. The lowest BCUT2D eigenvalue weighted by Gasteiger charge is -2.06. The fourth-order valence-corrected chi connectivity index (χ4v) is 3.99. The number of aryl methyl sites for hydroxylation is 2. The van der Waals surface area contributed by atoms with Crippen LogP contribution in [0.4, 0.5) is 28.4 Å². The molecule has 5 N–H and O–H groups in total.